The summed E-state index contributed by atoms with van der Waals surface area (Å²) in [6.07, 6.45) is 0. The minimum Gasteiger partial charge on any atom is -0.455 e. The third-order valence-electron chi connectivity index (χ3n) is 8.21. The van der Waals surface area contributed by atoms with E-state index in [1.165, 1.54) is 0 Å². The fourth-order valence-corrected chi connectivity index (χ4v) is 6.19. The van der Waals surface area contributed by atoms with E-state index in [2.05, 4.69) is 6.07 Å². The molecule has 0 saturated carbocycles. The minimum absolute atomic E-state index is 0.0713. The lowest BCUT2D eigenvalue weighted by molar-refractivity contribution is 0.670. The highest BCUT2D eigenvalue weighted by atomic mass is 16.3. The van der Waals surface area contributed by atoms with Crippen molar-refractivity contribution >= 4 is 43.5 Å². The Morgan fingerprint density at radius 1 is 0.378 bits per heavy atom. The van der Waals surface area contributed by atoms with Crippen molar-refractivity contribution in [1.29, 1.82) is 0 Å². The molecule has 0 unspecified atom stereocenters. The molecule has 8 aromatic carbocycles. The van der Waals surface area contributed by atoms with Crippen LogP contribution in [0.3, 0.4) is 0 Å². The Kier molecular flexibility index (Phi) is 3.62. The average molecular weight is 586 g/mol. The SMILES string of the molecule is [2H]c1c([2H])c([2H])c(-c2c3c([2H])c([2H])c([2H])c([2H])c3c(-c3ccc(-c4cccc5c4oc4ccc(-c6ccccc6)cc45)cc3)c3c([2H])c([2H])c([2H])c([2H])c23)c([2H])c1[2H]. The zero-order valence-corrected chi connectivity index (χ0v) is 23.6. The maximum Gasteiger partial charge on any atom is 0.143 e. The molecule has 1 heteroatoms. The molecule has 1 aromatic heterocycles. The molecule has 0 amide bonds. The van der Waals surface area contributed by atoms with Crippen molar-refractivity contribution in [2.45, 2.75) is 0 Å². The van der Waals surface area contributed by atoms with E-state index in [1.807, 2.05) is 60.7 Å². The van der Waals surface area contributed by atoms with Crippen LogP contribution in [-0.2, 0) is 0 Å². The van der Waals surface area contributed by atoms with Crippen molar-refractivity contribution in [3.8, 4) is 44.5 Å². The van der Waals surface area contributed by atoms with Gasteiger partial charge in [0.05, 0.1) is 17.8 Å². The molecule has 0 aliphatic heterocycles. The number of fused-ring (bicyclic) bond motifs is 5. The van der Waals surface area contributed by atoms with Gasteiger partial charge in [-0.15, -0.1) is 0 Å². The van der Waals surface area contributed by atoms with Gasteiger partial charge in [-0.25, -0.2) is 0 Å². The lowest BCUT2D eigenvalue weighted by atomic mass is 9.85. The first-order chi connectivity index (χ1) is 27.7. The molecule has 45 heavy (non-hydrogen) atoms. The van der Waals surface area contributed by atoms with E-state index in [-0.39, 0.29) is 32.7 Å². The molecule has 0 bridgehead atoms. The van der Waals surface area contributed by atoms with Gasteiger partial charge in [0.1, 0.15) is 11.2 Å². The van der Waals surface area contributed by atoms with Gasteiger partial charge in [-0.3, -0.25) is 0 Å². The van der Waals surface area contributed by atoms with Gasteiger partial charge in [-0.1, -0.05) is 157 Å². The zero-order chi connectivity index (χ0) is 41.1. The molecule has 210 valence electrons. The molecule has 0 radical (unpaired) electrons. The topological polar surface area (TPSA) is 13.1 Å². The van der Waals surface area contributed by atoms with Crippen molar-refractivity contribution in [2.75, 3.05) is 0 Å². The number of hydrogen-bond acceptors (Lipinski definition) is 1. The molecule has 0 fully saturated rings. The number of furan rings is 1. The van der Waals surface area contributed by atoms with Gasteiger partial charge in [-0.2, -0.15) is 0 Å². The molecule has 1 nitrogen and oxygen atoms in total. The lowest BCUT2D eigenvalue weighted by Gasteiger charge is -2.18. The van der Waals surface area contributed by atoms with E-state index >= 15 is 0 Å². The van der Waals surface area contributed by atoms with Crippen molar-refractivity contribution in [2.24, 2.45) is 0 Å². The van der Waals surface area contributed by atoms with Gasteiger partial charge in [-0.05, 0) is 72.6 Å². The Labute approximate surface area is 279 Å². The van der Waals surface area contributed by atoms with Gasteiger partial charge in [0.25, 0.3) is 0 Å². The predicted molar refractivity (Wildman–Crippen MR) is 190 cm³/mol. The summed E-state index contributed by atoms with van der Waals surface area (Å²) in [4.78, 5) is 0. The molecule has 1 heterocycles. The summed E-state index contributed by atoms with van der Waals surface area (Å²) in [5.74, 6) is 0. The first-order valence-corrected chi connectivity index (χ1v) is 14.4. The van der Waals surface area contributed by atoms with Crippen LogP contribution < -0.4 is 0 Å². The Balaban J connectivity index is 1.35. The summed E-state index contributed by atoms with van der Waals surface area (Å²) < 4.78 is 121. The summed E-state index contributed by atoms with van der Waals surface area (Å²) in [5, 5.41) is 1.08. The van der Waals surface area contributed by atoms with E-state index in [9.17, 15) is 2.74 Å². The van der Waals surface area contributed by atoms with Crippen LogP contribution in [0, 0.1) is 0 Å². The smallest absolute Gasteiger partial charge is 0.143 e. The minimum atomic E-state index is -0.713. The normalized spacial score (nSPS) is 15.6. The maximum absolute atomic E-state index is 9.19. The quantitative estimate of drug-likeness (QED) is 0.187. The fourth-order valence-electron chi connectivity index (χ4n) is 6.19. The van der Waals surface area contributed by atoms with E-state index in [1.54, 1.807) is 24.3 Å². The predicted octanol–water partition coefficient (Wildman–Crippen LogP) is 12.6. The van der Waals surface area contributed by atoms with Gasteiger partial charge < -0.3 is 4.42 Å². The highest BCUT2D eigenvalue weighted by molar-refractivity contribution is 6.21. The summed E-state index contributed by atoms with van der Waals surface area (Å²) in [5.41, 5.74) is 4.65. The van der Waals surface area contributed by atoms with Gasteiger partial charge in [0.2, 0.25) is 0 Å². The van der Waals surface area contributed by atoms with E-state index in [4.69, 9.17) is 19.5 Å². The summed E-state index contributed by atoms with van der Waals surface area (Å²) >= 11 is 0. The Hall–Kier alpha value is -5.92. The molecular formula is C44H28O. The monoisotopic (exact) mass is 585 g/mol. The third-order valence-corrected chi connectivity index (χ3v) is 8.21. The maximum atomic E-state index is 9.19. The molecule has 0 N–H and O–H groups in total. The van der Waals surface area contributed by atoms with Crippen LogP contribution in [0.2, 0.25) is 0 Å². The van der Waals surface area contributed by atoms with E-state index in [0.29, 0.717) is 16.7 Å². The molecule has 0 aliphatic rings. The molecule has 9 aromatic rings. The van der Waals surface area contributed by atoms with Crippen molar-refractivity contribution < 1.29 is 22.2 Å². The highest BCUT2D eigenvalue weighted by Crippen LogP contribution is 2.44. The molecule has 9 rings (SSSR count). The molecule has 0 spiro atoms. The Morgan fingerprint density at radius 2 is 0.956 bits per heavy atom. The van der Waals surface area contributed by atoms with Crippen LogP contribution in [-0.4, -0.2) is 0 Å². The second-order valence-electron chi connectivity index (χ2n) is 10.7. The van der Waals surface area contributed by atoms with Crippen LogP contribution in [0.1, 0.15) is 17.8 Å². The molecule has 0 aliphatic carbocycles. The highest BCUT2D eigenvalue weighted by Gasteiger charge is 2.17. The van der Waals surface area contributed by atoms with Gasteiger partial charge in [0.15, 0.2) is 0 Å². The number of rotatable bonds is 4. The largest absolute Gasteiger partial charge is 0.455 e. The third kappa shape index (κ3) is 4.17. The Morgan fingerprint density at radius 3 is 1.62 bits per heavy atom. The number of benzene rings is 8. The summed E-state index contributed by atoms with van der Waals surface area (Å²) in [6.45, 7) is 0. The van der Waals surface area contributed by atoms with Crippen LogP contribution in [0.4, 0.5) is 0 Å². The first kappa shape index (κ1) is 15.7. The van der Waals surface area contributed by atoms with E-state index in [0.717, 1.165) is 33.0 Å². The molecular weight excluding hydrogens is 544 g/mol. The van der Waals surface area contributed by atoms with Gasteiger partial charge in [0, 0.05) is 16.3 Å². The van der Waals surface area contributed by atoms with Crippen LogP contribution >= 0.6 is 0 Å². The lowest BCUT2D eigenvalue weighted by Crippen LogP contribution is -1.90. The van der Waals surface area contributed by atoms with Gasteiger partial charge >= 0.3 is 0 Å². The average Bonchev–Trinajstić information content (AvgIpc) is 3.63. The number of para-hydroxylation sites is 1. The van der Waals surface area contributed by atoms with Crippen molar-refractivity contribution in [3.63, 3.8) is 0 Å². The van der Waals surface area contributed by atoms with Crippen molar-refractivity contribution in [3.05, 3.63) is 170 Å². The fraction of sp³-hybridized carbons (Fsp3) is 0. The summed E-state index contributed by atoms with van der Waals surface area (Å²) in [6, 6.07) is 20.6. The van der Waals surface area contributed by atoms with Crippen LogP contribution in [0.5, 0.6) is 0 Å². The van der Waals surface area contributed by atoms with Crippen LogP contribution in [0.15, 0.2) is 174 Å². The second kappa shape index (κ2) is 10.4. The summed E-state index contributed by atoms with van der Waals surface area (Å²) in [7, 11) is 0. The molecule has 0 atom stereocenters. The van der Waals surface area contributed by atoms with Crippen molar-refractivity contribution in [1.82, 2.24) is 0 Å². The zero-order valence-electron chi connectivity index (χ0n) is 36.6. The first-order valence-electron chi connectivity index (χ1n) is 20.9. The van der Waals surface area contributed by atoms with E-state index < -0.39 is 84.1 Å². The molecule has 0 saturated heterocycles. The van der Waals surface area contributed by atoms with Crippen LogP contribution in [0.25, 0.3) is 88.0 Å². The Bertz CT molecular complexity index is 3140. The standard InChI is InChI=1S/C44H28O/c1-3-12-29(13-4-1)33-26-27-41-40(28-33)39-21-11-20-34(44(39)45-41)30-22-24-32(25-23-30)43-37-18-9-7-16-35(37)42(31-14-5-2-6-15-31)36-17-8-10-19-38(36)43/h1-28H/i2D,5D,6D,7D,8D,9D,10D,14D,15D,16D,17D,18D,19D. The second-order valence-corrected chi connectivity index (χ2v) is 10.7. The number of hydrogen-bond donors (Lipinski definition) is 0.